The summed E-state index contributed by atoms with van der Waals surface area (Å²) >= 11 is 3.35. The summed E-state index contributed by atoms with van der Waals surface area (Å²) < 4.78 is 5.72. The zero-order valence-electron chi connectivity index (χ0n) is 13.0. The number of aryl methyl sites for hydroxylation is 1. The van der Waals surface area contributed by atoms with E-state index in [1.807, 2.05) is 13.0 Å². The number of benzene rings is 1. The number of amides is 2. The fraction of sp³-hybridized carbons (Fsp3) is 0.312. The number of hydrogen-bond donors (Lipinski definition) is 1. The summed E-state index contributed by atoms with van der Waals surface area (Å²) in [7, 11) is 0. The third kappa shape index (κ3) is 4.92. The molecular weight excluding hydrogens is 362 g/mol. The van der Waals surface area contributed by atoms with Gasteiger partial charge in [-0.05, 0) is 31.5 Å². The van der Waals surface area contributed by atoms with Crippen molar-refractivity contribution in [1.29, 1.82) is 0 Å². The van der Waals surface area contributed by atoms with Crippen LogP contribution in [0.5, 0.6) is 0 Å². The minimum atomic E-state index is -0.310. The number of rotatable bonds is 6. The monoisotopic (exact) mass is 379 g/mol. The van der Waals surface area contributed by atoms with E-state index in [4.69, 9.17) is 4.52 Å². The van der Waals surface area contributed by atoms with E-state index < -0.39 is 0 Å². The highest BCUT2D eigenvalue weighted by molar-refractivity contribution is 9.10. The van der Waals surface area contributed by atoms with Crippen LogP contribution < -0.4 is 5.32 Å². The molecule has 7 heteroatoms. The highest BCUT2D eigenvalue weighted by Crippen LogP contribution is 2.14. The predicted octanol–water partition coefficient (Wildman–Crippen LogP) is 3.24. The van der Waals surface area contributed by atoms with Gasteiger partial charge in [-0.2, -0.15) is 0 Å². The van der Waals surface area contributed by atoms with Crippen molar-refractivity contribution >= 4 is 33.6 Å². The van der Waals surface area contributed by atoms with Crippen LogP contribution in [0, 0.1) is 6.92 Å². The van der Waals surface area contributed by atoms with Crippen molar-refractivity contribution < 1.29 is 14.1 Å². The average molecular weight is 380 g/mol. The number of anilines is 1. The molecular formula is C16H18BrN3O3. The lowest BCUT2D eigenvalue weighted by Crippen LogP contribution is -2.38. The van der Waals surface area contributed by atoms with Crippen molar-refractivity contribution in [3.8, 4) is 0 Å². The van der Waals surface area contributed by atoms with Crippen LogP contribution in [0.2, 0.25) is 0 Å². The fourth-order valence-corrected chi connectivity index (χ4v) is 2.51. The summed E-state index contributed by atoms with van der Waals surface area (Å²) in [5.41, 5.74) is 0.540. The van der Waals surface area contributed by atoms with Gasteiger partial charge >= 0.3 is 0 Å². The molecule has 2 rings (SSSR count). The summed E-state index contributed by atoms with van der Waals surface area (Å²) in [6, 6.07) is 8.73. The highest BCUT2D eigenvalue weighted by Gasteiger charge is 2.19. The van der Waals surface area contributed by atoms with Crippen LogP contribution in [-0.2, 0) is 4.79 Å². The Bertz CT molecular complexity index is 699. The molecule has 23 heavy (non-hydrogen) atoms. The minimum Gasteiger partial charge on any atom is -0.360 e. The van der Waals surface area contributed by atoms with Crippen molar-refractivity contribution in [2.24, 2.45) is 0 Å². The maximum Gasteiger partial charge on any atom is 0.254 e. The van der Waals surface area contributed by atoms with Gasteiger partial charge in [0.2, 0.25) is 5.91 Å². The second-order valence-corrected chi connectivity index (χ2v) is 6.02. The maximum absolute atomic E-state index is 12.6. The third-order valence-corrected chi connectivity index (χ3v) is 3.58. The van der Waals surface area contributed by atoms with Gasteiger partial charge in [0, 0.05) is 22.6 Å². The molecule has 0 bridgehead atoms. The first-order chi connectivity index (χ1) is 11.0. The van der Waals surface area contributed by atoms with Crippen molar-refractivity contribution in [2.75, 3.05) is 18.4 Å². The lowest BCUT2D eigenvalue weighted by Gasteiger charge is -2.21. The second kappa shape index (κ2) is 7.92. The molecule has 0 spiro atoms. The highest BCUT2D eigenvalue weighted by atomic mass is 79.9. The zero-order valence-corrected chi connectivity index (χ0v) is 14.6. The molecule has 0 aliphatic heterocycles. The molecule has 0 aliphatic rings. The number of aromatic nitrogens is 1. The van der Waals surface area contributed by atoms with Crippen LogP contribution in [0.15, 0.2) is 39.3 Å². The van der Waals surface area contributed by atoms with E-state index in [-0.39, 0.29) is 18.4 Å². The summed E-state index contributed by atoms with van der Waals surface area (Å²) in [6.07, 6.45) is 0.760. The van der Waals surface area contributed by atoms with Crippen LogP contribution in [-0.4, -0.2) is 35.0 Å². The van der Waals surface area contributed by atoms with Crippen LogP contribution in [0.1, 0.15) is 29.5 Å². The Hall–Kier alpha value is -2.15. The maximum atomic E-state index is 12.6. The van der Waals surface area contributed by atoms with Gasteiger partial charge in [0.15, 0.2) is 5.82 Å². The molecule has 122 valence electrons. The van der Waals surface area contributed by atoms with Crippen LogP contribution in [0.25, 0.3) is 0 Å². The average Bonchev–Trinajstić information content (AvgIpc) is 2.91. The standard InChI is InChI=1S/C16H18BrN3O3/c1-3-7-20(16(22)12-5-4-6-13(17)9-12)10-15(21)18-14-8-11(2)23-19-14/h4-6,8-9H,3,7,10H2,1-2H3,(H,18,19,21). The number of nitrogens with zero attached hydrogens (tertiary/aromatic N) is 2. The normalized spacial score (nSPS) is 10.4. The number of hydrogen-bond acceptors (Lipinski definition) is 4. The Morgan fingerprint density at radius 2 is 2.13 bits per heavy atom. The van der Waals surface area contributed by atoms with Gasteiger partial charge in [-0.1, -0.05) is 34.1 Å². The van der Waals surface area contributed by atoms with Gasteiger partial charge in [0.1, 0.15) is 12.3 Å². The van der Waals surface area contributed by atoms with Gasteiger partial charge in [-0.15, -0.1) is 0 Å². The zero-order chi connectivity index (χ0) is 16.8. The third-order valence-electron chi connectivity index (χ3n) is 3.08. The Morgan fingerprint density at radius 3 is 2.74 bits per heavy atom. The largest absolute Gasteiger partial charge is 0.360 e. The first-order valence-corrected chi connectivity index (χ1v) is 8.07. The molecule has 6 nitrogen and oxygen atoms in total. The summed E-state index contributed by atoms with van der Waals surface area (Å²) in [6.45, 7) is 4.16. The Labute approximate surface area is 143 Å². The molecule has 0 unspecified atom stereocenters. The van der Waals surface area contributed by atoms with Crippen LogP contribution in [0.3, 0.4) is 0 Å². The smallest absolute Gasteiger partial charge is 0.254 e. The number of carbonyl (C=O) groups is 2. The molecule has 0 fully saturated rings. The Morgan fingerprint density at radius 1 is 1.35 bits per heavy atom. The molecule has 0 aliphatic carbocycles. The molecule has 2 amide bonds. The van der Waals surface area contributed by atoms with E-state index in [2.05, 4.69) is 26.4 Å². The summed E-state index contributed by atoms with van der Waals surface area (Å²) in [5.74, 6) is 0.463. The van der Waals surface area contributed by atoms with E-state index in [9.17, 15) is 9.59 Å². The summed E-state index contributed by atoms with van der Waals surface area (Å²) in [4.78, 5) is 26.2. The molecule has 1 aromatic carbocycles. The van der Waals surface area contributed by atoms with E-state index >= 15 is 0 Å². The predicted molar refractivity (Wildman–Crippen MR) is 90.2 cm³/mol. The van der Waals surface area contributed by atoms with E-state index in [0.717, 1.165) is 10.9 Å². The van der Waals surface area contributed by atoms with Crippen LogP contribution >= 0.6 is 15.9 Å². The number of halogens is 1. The second-order valence-electron chi connectivity index (χ2n) is 5.11. The van der Waals surface area contributed by atoms with Gasteiger partial charge in [0.25, 0.3) is 5.91 Å². The van der Waals surface area contributed by atoms with Crippen LogP contribution in [0.4, 0.5) is 5.82 Å². The van der Waals surface area contributed by atoms with Crippen molar-refractivity contribution in [3.05, 3.63) is 46.1 Å². The molecule has 0 atom stereocenters. The van der Waals surface area contributed by atoms with Crippen molar-refractivity contribution in [1.82, 2.24) is 10.1 Å². The van der Waals surface area contributed by atoms with E-state index in [0.29, 0.717) is 23.7 Å². The first kappa shape index (κ1) is 17.2. The molecule has 2 aromatic rings. The van der Waals surface area contributed by atoms with Gasteiger partial charge in [-0.25, -0.2) is 0 Å². The fourth-order valence-electron chi connectivity index (χ4n) is 2.11. The van der Waals surface area contributed by atoms with Crippen molar-refractivity contribution in [3.63, 3.8) is 0 Å². The molecule has 1 N–H and O–H groups in total. The molecule has 0 saturated heterocycles. The number of carbonyl (C=O) groups excluding carboxylic acids is 2. The lowest BCUT2D eigenvalue weighted by atomic mass is 10.2. The molecule has 1 aromatic heterocycles. The molecule has 0 radical (unpaired) electrons. The van der Waals surface area contributed by atoms with Gasteiger partial charge in [0.05, 0.1) is 0 Å². The van der Waals surface area contributed by atoms with E-state index in [1.54, 1.807) is 31.2 Å². The number of nitrogens with one attached hydrogen (secondary N) is 1. The van der Waals surface area contributed by atoms with E-state index in [1.165, 1.54) is 4.90 Å². The van der Waals surface area contributed by atoms with Crippen molar-refractivity contribution in [2.45, 2.75) is 20.3 Å². The summed E-state index contributed by atoms with van der Waals surface area (Å²) in [5, 5.41) is 6.33. The quantitative estimate of drug-likeness (QED) is 0.835. The SMILES string of the molecule is CCCN(CC(=O)Nc1cc(C)on1)C(=O)c1cccc(Br)c1. The first-order valence-electron chi connectivity index (χ1n) is 7.27. The Kier molecular flexibility index (Phi) is 5.92. The van der Waals surface area contributed by atoms with Gasteiger partial charge < -0.3 is 14.7 Å². The molecule has 0 saturated carbocycles. The Balaban J connectivity index is 2.05. The van der Waals surface area contributed by atoms with Gasteiger partial charge in [-0.3, -0.25) is 9.59 Å². The lowest BCUT2D eigenvalue weighted by molar-refractivity contribution is -0.116. The molecule has 1 heterocycles. The minimum absolute atomic E-state index is 0.0366. The topological polar surface area (TPSA) is 75.4 Å².